The average molecular weight is 484 g/mol. The molecular formula is C31H37N3O2. The number of carbonyl (C=O) groups excluding carboxylic acids is 1. The Morgan fingerprint density at radius 3 is 2.42 bits per heavy atom. The number of aliphatic hydroxyl groups is 1. The molecule has 0 bridgehead atoms. The van der Waals surface area contributed by atoms with Gasteiger partial charge in [0.1, 0.15) is 0 Å². The number of anilines is 1. The maximum Gasteiger partial charge on any atom is 0.186 e. The van der Waals surface area contributed by atoms with E-state index in [-0.39, 0.29) is 12.4 Å². The smallest absolute Gasteiger partial charge is 0.186 e. The van der Waals surface area contributed by atoms with Crippen molar-refractivity contribution in [2.45, 2.75) is 13.5 Å². The highest BCUT2D eigenvalue weighted by molar-refractivity contribution is 6.08. The molecule has 0 aliphatic carbocycles. The lowest BCUT2D eigenvalue weighted by molar-refractivity contribution is 0.104. The highest BCUT2D eigenvalue weighted by Crippen LogP contribution is 2.31. The van der Waals surface area contributed by atoms with Gasteiger partial charge < -0.3 is 14.9 Å². The third kappa shape index (κ3) is 6.30. The molecule has 0 amide bonds. The fourth-order valence-corrected chi connectivity index (χ4v) is 4.89. The minimum atomic E-state index is 0.0208. The second-order valence-corrected chi connectivity index (χ2v) is 9.73. The van der Waals surface area contributed by atoms with Crippen LogP contribution < -0.4 is 4.90 Å². The molecule has 1 aliphatic heterocycles. The molecule has 1 aliphatic rings. The van der Waals surface area contributed by atoms with Gasteiger partial charge in [0, 0.05) is 50.5 Å². The molecule has 1 heterocycles. The molecule has 36 heavy (non-hydrogen) atoms. The monoisotopic (exact) mass is 483 g/mol. The van der Waals surface area contributed by atoms with Gasteiger partial charge in [-0.25, -0.2) is 0 Å². The Morgan fingerprint density at radius 1 is 0.972 bits per heavy atom. The second-order valence-electron chi connectivity index (χ2n) is 9.73. The predicted molar refractivity (Wildman–Crippen MR) is 150 cm³/mol. The molecule has 188 valence electrons. The molecular weight excluding hydrogens is 446 g/mol. The summed E-state index contributed by atoms with van der Waals surface area (Å²) >= 11 is 0. The number of allylic oxidation sites excluding steroid dienone is 1. The number of aryl methyl sites for hydroxylation is 1. The van der Waals surface area contributed by atoms with E-state index >= 15 is 0 Å². The summed E-state index contributed by atoms with van der Waals surface area (Å²) in [6, 6.07) is 22.8. The Hall–Kier alpha value is -3.25. The van der Waals surface area contributed by atoms with Crippen LogP contribution in [0.1, 0.15) is 27.0 Å². The number of ketones is 1. The Labute approximate surface area is 215 Å². The van der Waals surface area contributed by atoms with Crippen LogP contribution in [-0.2, 0) is 6.54 Å². The van der Waals surface area contributed by atoms with E-state index in [0.29, 0.717) is 6.54 Å². The molecule has 1 saturated heterocycles. The maximum atomic E-state index is 13.3. The van der Waals surface area contributed by atoms with Crippen LogP contribution in [0.2, 0.25) is 0 Å². The number of piperazine rings is 1. The zero-order valence-electron chi connectivity index (χ0n) is 21.7. The summed E-state index contributed by atoms with van der Waals surface area (Å²) in [4.78, 5) is 20.0. The van der Waals surface area contributed by atoms with Gasteiger partial charge in [-0.05, 0) is 73.1 Å². The second kappa shape index (κ2) is 12.1. The average Bonchev–Trinajstić information content (AvgIpc) is 2.88. The van der Waals surface area contributed by atoms with Crippen molar-refractivity contribution in [3.05, 3.63) is 95.1 Å². The molecule has 0 spiro atoms. The largest absolute Gasteiger partial charge is 0.395 e. The van der Waals surface area contributed by atoms with Crippen LogP contribution in [-0.4, -0.2) is 74.1 Å². The zero-order chi connectivity index (χ0) is 25.5. The van der Waals surface area contributed by atoms with Crippen molar-refractivity contribution in [2.24, 2.45) is 0 Å². The fourth-order valence-electron chi connectivity index (χ4n) is 4.89. The molecule has 1 N–H and O–H groups in total. The Morgan fingerprint density at radius 2 is 1.69 bits per heavy atom. The van der Waals surface area contributed by atoms with E-state index in [4.69, 9.17) is 0 Å². The first-order valence-corrected chi connectivity index (χ1v) is 12.7. The van der Waals surface area contributed by atoms with Crippen LogP contribution >= 0.6 is 0 Å². The first-order chi connectivity index (χ1) is 17.5. The quantitative estimate of drug-likeness (QED) is 0.352. The summed E-state index contributed by atoms with van der Waals surface area (Å²) in [7, 11) is 4.03. The van der Waals surface area contributed by atoms with Crippen molar-refractivity contribution in [2.75, 3.05) is 58.3 Å². The van der Waals surface area contributed by atoms with Crippen LogP contribution in [0.25, 0.3) is 17.2 Å². The number of nitrogens with zero attached hydrogens (tertiary/aromatic N) is 3. The topological polar surface area (TPSA) is 47.0 Å². The number of carbonyl (C=O) groups is 1. The van der Waals surface area contributed by atoms with Gasteiger partial charge in [-0.1, -0.05) is 54.6 Å². The lowest BCUT2D eigenvalue weighted by Gasteiger charge is -2.36. The number of β-amino-alcohol motifs (C(OH)–C–C–N with tert-alkyl or cyclic N) is 1. The van der Waals surface area contributed by atoms with Crippen molar-refractivity contribution in [1.29, 1.82) is 0 Å². The summed E-state index contributed by atoms with van der Waals surface area (Å²) in [5.74, 6) is 0.0208. The molecule has 3 aromatic rings. The van der Waals surface area contributed by atoms with Crippen LogP contribution in [0, 0.1) is 6.92 Å². The van der Waals surface area contributed by atoms with Gasteiger partial charge in [-0.3, -0.25) is 9.69 Å². The Kier molecular flexibility index (Phi) is 8.70. The number of hydrogen-bond acceptors (Lipinski definition) is 5. The lowest BCUT2D eigenvalue weighted by atomic mass is 9.96. The standard InChI is InChI=1S/C31H37N3O2/c1-24-8-4-6-10-28(24)25-12-14-30(34-18-16-33(17-19-34)20-21-35)26(22-25)13-15-31(36)29-11-7-5-9-27(29)23-32(2)3/h4-15,22,35H,16-21,23H2,1-3H3. The number of aliphatic hydroxyl groups excluding tert-OH is 1. The van der Waals surface area contributed by atoms with E-state index in [2.05, 4.69) is 64.1 Å². The van der Waals surface area contributed by atoms with E-state index in [1.807, 2.05) is 44.4 Å². The summed E-state index contributed by atoms with van der Waals surface area (Å²) in [6.45, 7) is 7.38. The van der Waals surface area contributed by atoms with Crippen molar-refractivity contribution < 1.29 is 9.90 Å². The zero-order valence-corrected chi connectivity index (χ0v) is 21.7. The molecule has 4 rings (SSSR count). The van der Waals surface area contributed by atoms with Gasteiger partial charge in [-0.15, -0.1) is 0 Å². The van der Waals surface area contributed by atoms with E-state index in [9.17, 15) is 9.90 Å². The third-order valence-corrected chi connectivity index (χ3v) is 6.80. The van der Waals surface area contributed by atoms with Crippen molar-refractivity contribution in [1.82, 2.24) is 9.80 Å². The molecule has 0 saturated carbocycles. The third-order valence-electron chi connectivity index (χ3n) is 6.80. The Balaban J connectivity index is 1.67. The SMILES string of the molecule is Cc1ccccc1-c1ccc(N2CCN(CCO)CC2)c(C=CC(=O)c2ccccc2CN(C)C)c1. The predicted octanol–water partition coefficient (Wildman–Crippen LogP) is 4.73. The lowest BCUT2D eigenvalue weighted by Crippen LogP contribution is -2.47. The number of rotatable bonds is 9. The number of hydrogen-bond donors (Lipinski definition) is 1. The minimum Gasteiger partial charge on any atom is -0.395 e. The molecule has 0 atom stereocenters. The van der Waals surface area contributed by atoms with Gasteiger partial charge >= 0.3 is 0 Å². The molecule has 5 heteroatoms. The van der Waals surface area contributed by atoms with Crippen LogP contribution in [0.15, 0.2) is 72.8 Å². The maximum absolute atomic E-state index is 13.3. The summed E-state index contributed by atoms with van der Waals surface area (Å²) in [5.41, 5.74) is 7.55. The van der Waals surface area contributed by atoms with Gasteiger partial charge in [-0.2, -0.15) is 0 Å². The molecule has 0 radical (unpaired) electrons. The van der Waals surface area contributed by atoms with Crippen molar-refractivity contribution in [3.63, 3.8) is 0 Å². The fraction of sp³-hybridized carbons (Fsp3) is 0.323. The van der Waals surface area contributed by atoms with Gasteiger partial charge in [0.15, 0.2) is 5.78 Å². The van der Waals surface area contributed by atoms with E-state index < -0.39 is 0 Å². The molecule has 3 aromatic carbocycles. The van der Waals surface area contributed by atoms with Gasteiger partial charge in [0.2, 0.25) is 0 Å². The highest BCUT2D eigenvalue weighted by atomic mass is 16.3. The van der Waals surface area contributed by atoms with Crippen molar-refractivity contribution in [3.8, 4) is 11.1 Å². The van der Waals surface area contributed by atoms with Crippen LogP contribution in [0.5, 0.6) is 0 Å². The van der Waals surface area contributed by atoms with Gasteiger partial charge in [0.25, 0.3) is 0 Å². The van der Waals surface area contributed by atoms with E-state index in [1.54, 1.807) is 6.08 Å². The summed E-state index contributed by atoms with van der Waals surface area (Å²) in [5, 5.41) is 9.29. The Bertz CT molecular complexity index is 1210. The number of benzene rings is 3. The molecule has 5 nitrogen and oxygen atoms in total. The molecule has 0 unspecified atom stereocenters. The summed E-state index contributed by atoms with van der Waals surface area (Å²) in [6.07, 6.45) is 3.70. The van der Waals surface area contributed by atoms with Gasteiger partial charge in [0.05, 0.1) is 6.61 Å². The van der Waals surface area contributed by atoms with E-state index in [1.165, 1.54) is 11.1 Å². The summed E-state index contributed by atoms with van der Waals surface area (Å²) < 4.78 is 0. The first-order valence-electron chi connectivity index (χ1n) is 12.7. The molecule has 1 fully saturated rings. The van der Waals surface area contributed by atoms with Crippen LogP contribution in [0.3, 0.4) is 0 Å². The van der Waals surface area contributed by atoms with Crippen LogP contribution in [0.4, 0.5) is 5.69 Å². The normalized spacial score (nSPS) is 14.6. The minimum absolute atomic E-state index is 0.0208. The molecule has 0 aromatic heterocycles. The van der Waals surface area contributed by atoms with Crippen molar-refractivity contribution >= 4 is 17.5 Å². The highest BCUT2D eigenvalue weighted by Gasteiger charge is 2.19. The first kappa shape index (κ1) is 25.8. The van der Waals surface area contributed by atoms with E-state index in [0.717, 1.165) is 60.7 Å².